The van der Waals surface area contributed by atoms with Crippen molar-refractivity contribution in [3.8, 4) is 11.1 Å². The summed E-state index contributed by atoms with van der Waals surface area (Å²) in [5, 5.41) is 5.53. The fraction of sp³-hybridized carbons (Fsp3) is 0.0833. The van der Waals surface area contributed by atoms with Gasteiger partial charge < -0.3 is 10.6 Å². The number of benzene rings is 3. The Hall–Kier alpha value is -3.66. The fourth-order valence-electron chi connectivity index (χ4n) is 3.46. The van der Waals surface area contributed by atoms with Crippen molar-refractivity contribution < 1.29 is 9.59 Å². The molecule has 4 heteroatoms. The lowest BCUT2D eigenvalue weighted by molar-refractivity contribution is -0.120. The van der Waals surface area contributed by atoms with E-state index in [2.05, 4.69) is 22.8 Å². The number of anilines is 1. The second-order valence-corrected chi connectivity index (χ2v) is 6.81. The first-order valence-electron chi connectivity index (χ1n) is 9.17. The average Bonchev–Trinajstić information content (AvgIpc) is 3.06. The van der Waals surface area contributed by atoms with Gasteiger partial charge in [0.05, 0.1) is 0 Å². The molecule has 0 saturated carbocycles. The average molecular weight is 368 g/mol. The number of hydrogen-bond acceptors (Lipinski definition) is 2. The highest BCUT2D eigenvalue weighted by Gasteiger charge is 2.19. The summed E-state index contributed by atoms with van der Waals surface area (Å²) in [5.41, 5.74) is 6.63. The van der Waals surface area contributed by atoms with Gasteiger partial charge in [0, 0.05) is 12.6 Å². The molecule has 3 aromatic carbocycles. The molecule has 0 saturated heterocycles. The molecular weight excluding hydrogens is 348 g/mol. The molecule has 3 aromatic rings. The molecular formula is C24H20N2O2. The van der Waals surface area contributed by atoms with Crippen molar-refractivity contribution in [3.05, 3.63) is 95.2 Å². The van der Waals surface area contributed by atoms with Crippen LogP contribution in [0.25, 0.3) is 17.2 Å². The number of carbonyl (C=O) groups is 2. The highest BCUT2D eigenvalue weighted by molar-refractivity contribution is 6.08. The van der Waals surface area contributed by atoms with Crippen molar-refractivity contribution >= 4 is 23.6 Å². The topological polar surface area (TPSA) is 58.2 Å². The van der Waals surface area contributed by atoms with E-state index in [1.54, 1.807) is 6.08 Å². The number of carbonyl (C=O) groups excluding carboxylic acids is 2. The lowest BCUT2D eigenvalue weighted by atomic mass is 10.1. The summed E-state index contributed by atoms with van der Waals surface area (Å²) in [6.07, 6.45) is 2.57. The summed E-state index contributed by atoms with van der Waals surface area (Å²) >= 11 is 0. The van der Waals surface area contributed by atoms with Crippen molar-refractivity contribution in [2.75, 3.05) is 5.32 Å². The first-order valence-corrected chi connectivity index (χ1v) is 9.17. The maximum Gasteiger partial charge on any atom is 0.272 e. The quantitative estimate of drug-likeness (QED) is 0.526. The Morgan fingerprint density at radius 2 is 1.57 bits per heavy atom. The van der Waals surface area contributed by atoms with E-state index in [4.69, 9.17) is 0 Å². The first-order chi connectivity index (χ1) is 13.6. The van der Waals surface area contributed by atoms with Crippen molar-refractivity contribution in [2.45, 2.75) is 13.3 Å². The van der Waals surface area contributed by atoms with Gasteiger partial charge in [-0.05, 0) is 52.4 Å². The molecule has 0 radical (unpaired) electrons. The minimum absolute atomic E-state index is 0.208. The molecule has 0 unspecified atom stereocenters. The van der Waals surface area contributed by atoms with Crippen LogP contribution in [-0.4, -0.2) is 11.8 Å². The molecule has 0 heterocycles. The minimum Gasteiger partial charge on any atom is -0.322 e. The third kappa shape index (κ3) is 3.71. The van der Waals surface area contributed by atoms with E-state index in [9.17, 15) is 9.59 Å². The minimum atomic E-state index is -0.356. The number of rotatable bonds is 4. The van der Waals surface area contributed by atoms with Crippen molar-refractivity contribution in [2.24, 2.45) is 0 Å². The second kappa shape index (κ2) is 7.53. The highest BCUT2D eigenvalue weighted by atomic mass is 16.2. The van der Waals surface area contributed by atoms with Gasteiger partial charge in [-0.25, -0.2) is 0 Å². The Morgan fingerprint density at radius 1 is 0.857 bits per heavy atom. The number of nitrogens with one attached hydrogen (secondary N) is 2. The summed E-state index contributed by atoms with van der Waals surface area (Å²) in [6, 6.07) is 23.7. The van der Waals surface area contributed by atoms with Gasteiger partial charge in [-0.3, -0.25) is 9.59 Å². The first kappa shape index (κ1) is 17.7. The van der Waals surface area contributed by atoms with Gasteiger partial charge in [0.25, 0.3) is 5.91 Å². The van der Waals surface area contributed by atoms with Crippen molar-refractivity contribution in [1.29, 1.82) is 0 Å². The smallest absolute Gasteiger partial charge is 0.272 e. The van der Waals surface area contributed by atoms with Crippen LogP contribution in [0, 0.1) is 0 Å². The third-order valence-corrected chi connectivity index (χ3v) is 4.72. The van der Waals surface area contributed by atoms with Crippen LogP contribution < -0.4 is 10.6 Å². The summed E-state index contributed by atoms with van der Waals surface area (Å²) in [5.74, 6) is -0.648. The Bertz CT molecular complexity index is 1080. The van der Waals surface area contributed by atoms with E-state index in [-0.39, 0.29) is 17.5 Å². The molecule has 0 atom stereocenters. The maximum absolute atomic E-state index is 12.8. The van der Waals surface area contributed by atoms with Gasteiger partial charge in [-0.15, -0.1) is 0 Å². The van der Waals surface area contributed by atoms with Crippen molar-refractivity contribution in [3.63, 3.8) is 0 Å². The molecule has 138 valence electrons. The molecule has 0 spiro atoms. The van der Waals surface area contributed by atoms with E-state index < -0.39 is 0 Å². The number of amides is 2. The Balaban J connectivity index is 1.61. The molecule has 2 amide bonds. The molecule has 1 aliphatic carbocycles. The van der Waals surface area contributed by atoms with Gasteiger partial charge in [0.1, 0.15) is 5.70 Å². The van der Waals surface area contributed by atoms with Gasteiger partial charge in [0.15, 0.2) is 0 Å². The van der Waals surface area contributed by atoms with Gasteiger partial charge in [0.2, 0.25) is 5.91 Å². The zero-order chi connectivity index (χ0) is 19.5. The Labute approximate surface area is 163 Å². The van der Waals surface area contributed by atoms with E-state index >= 15 is 0 Å². The molecule has 0 aromatic heterocycles. The van der Waals surface area contributed by atoms with Crippen LogP contribution >= 0.6 is 0 Å². The predicted molar refractivity (Wildman–Crippen MR) is 112 cm³/mol. The van der Waals surface area contributed by atoms with Gasteiger partial charge in [-0.1, -0.05) is 60.7 Å². The SMILES string of the molecule is CC(=O)N/C(=C\c1ccccc1)C(=O)Nc1ccc2c(c1)-c1ccccc1C2. The zero-order valence-electron chi connectivity index (χ0n) is 15.5. The second-order valence-electron chi connectivity index (χ2n) is 6.81. The van der Waals surface area contributed by atoms with E-state index in [1.165, 1.54) is 23.6 Å². The monoisotopic (exact) mass is 368 g/mol. The lowest BCUT2D eigenvalue weighted by Gasteiger charge is -2.11. The third-order valence-electron chi connectivity index (χ3n) is 4.72. The number of hydrogen-bond donors (Lipinski definition) is 2. The van der Waals surface area contributed by atoms with Gasteiger partial charge >= 0.3 is 0 Å². The molecule has 0 bridgehead atoms. The van der Waals surface area contributed by atoms with E-state index in [0.29, 0.717) is 5.69 Å². The van der Waals surface area contributed by atoms with Crippen LogP contribution in [0.3, 0.4) is 0 Å². The van der Waals surface area contributed by atoms with Crippen LogP contribution in [0.15, 0.2) is 78.5 Å². The van der Waals surface area contributed by atoms with Crippen LogP contribution in [0.4, 0.5) is 5.69 Å². The molecule has 0 fully saturated rings. The number of fused-ring (bicyclic) bond motifs is 3. The summed E-state index contributed by atoms with van der Waals surface area (Å²) in [4.78, 5) is 24.4. The standard InChI is InChI=1S/C24H20N2O2/c1-16(27)25-23(13-17-7-3-2-4-8-17)24(28)26-20-12-11-19-14-18-9-5-6-10-21(18)22(19)15-20/h2-13,15H,14H2,1H3,(H,25,27)(H,26,28)/b23-13-. The largest absolute Gasteiger partial charge is 0.322 e. The van der Waals surface area contributed by atoms with Crippen LogP contribution in [0.1, 0.15) is 23.6 Å². The van der Waals surface area contributed by atoms with Crippen LogP contribution in [-0.2, 0) is 16.0 Å². The summed E-state index contributed by atoms with van der Waals surface area (Å²) in [7, 11) is 0. The zero-order valence-corrected chi connectivity index (χ0v) is 15.5. The van der Waals surface area contributed by atoms with E-state index in [0.717, 1.165) is 17.5 Å². The molecule has 0 aliphatic heterocycles. The maximum atomic E-state index is 12.8. The Kier molecular flexibility index (Phi) is 4.77. The molecule has 1 aliphatic rings. The van der Waals surface area contributed by atoms with E-state index in [1.807, 2.05) is 60.7 Å². The van der Waals surface area contributed by atoms with Gasteiger partial charge in [-0.2, -0.15) is 0 Å². The van der Waals surface area contributed by atoms with Crippen LogP contribution in [0.2, 0.25) is 0 Å². The summed E-state index contributed by atoms with van der Waals surface area (Å²) < 4.78 is 0. The molecule has 28 heavy (non-hydrogen) atoms. The Morgan fingerprint density at radius 3 is 2.36 bits per heavy atom. The van der Waals surface area contributed by atoms with Crippen molar-refractivity contribution in [1.82, 2.24) is 5.32 Å². The van der Waals surface area contributed by atoms with Crippen LogP contribution in [0.5, 0.6) is 0 Å². The summed E-state index contributed by atoms with van der Waals surface area (Å²) in [6.45, 7) is 1.39. The lowest BCUT2D eigenvalue weighted by Crippen LogP contribution is -2.28. The molecule has 4 nitrogen and oxygen atoms in total. The highest BCUT2D eigenvalue weighted by Crippen LogP contribution is 2.37. The fourth-order valence-corrected chi connectivity index (χ4v) is 3.46. The molecule has 4 rings (SSSR count). The molecule has 2 N–H and O–H groups in total. The predicted octanol–water partition coefficient (Wildman–Crippen LogP) is 4.37. The normalized spacial score (nSPS) is 12.1.